The topological polar surface area (TPSA) is 44.8 Å². The first-order valence-electron chi connectivity index (χ1n) is 10.3. The van der Waals surface area contributed by atoms with Crippen LogP contribution in [0.2, 0.25) is 0 Å². The fourth-order valence-electron chi connectivity index (χ4n) is 4.44. The molecule has 3 atom stereocenters. The van der Waals surface area contributed by atoms with Crippen LogP contribution in [-0.4, -0.2) is 42.1 Å². The van der Waals surface area contributed by atoms with E-state index in [0.29, 0.717) is 31.4 Å². The third-order valence-corrected chi connectivity index (χ3v) is 5.99. The molecule has 0 aliphatic carbocycles. The highest BCUT2D eigenvalue weighted by Crippen LogP contribution is 2.39. The molecule has 5 nitrogen and oxygen atoms in total. The van der Waals surface area contributed by atoms with Gasteiger partial charge in [0.05, 0.1) is 12.6 Å². The molecule has 0 radical (unpaired) electrons. The molecule has 5 heteroatoms. The molecule has 0 saturated carbocycles. The van der Waals surface area contributed by atoms with Gasteiger partial charge in [0, 0.05) is 43.3 Å². The summed E-state index contributed by atoms with van der Waals surface area (Å²) < 4.78 is 0. The van der Waals surface area contributed by atoms with E-state index in [4.69, 9.17) is 4.84 Å². The molecule has 2 fully saturated rings. The number of carbonyl (C=O) groups is 1. The van der Waals surface area contributed by atoms with Crippen LogP contribution >= 0.6 is 0 Å². The van der Waals surface area contributed by atoms with E-state index < -0.39 is 0 Å². The van der Waals surface area contributed by atoms with E-state index >= 15 is 0 Å². The van der Waals surface area contributed by atoms with E-state index in [9.17, 15) is 4.79 Å². The summed E-state index contributed by atoms with van der Waals surface area (Å²) in [4.78, 5) is 20.8. The first-order valence-corrected chi connectivity index (χ1v) is 10.3. The van der Waals surface area contributed by atoms with Crippen LogP contribution in [0.1, 0.15) is 30.9 Å². The highest BCUT2D eigenvalue weighted by atomic mass is 16.7. The van der Waals surface area contributed by atoms with E-state index in [-0.39, 0.29) is 11.9 Å². The zero-order valence-corrected chi connectivity index (χ0v) is 17.0. The number of piperidine rings is 1. The molecule has 4 rings (SSSR count). The van der Waals surface area contributed by atoms with Gasteiger partial charge in [-0.25, -0.2) is 0 Å². The SMILES string of the molecule is C=CCCC(=O)N1C[C@H]2CON(C)[C@H]2C[C@H]1c1cccc(Nc2ccccc2)c1. The van der Waals surface area contributed by atoms with Gasteiger partial charge in [0.15, 0.2) is 0 Å². The third kappa shape index (κ3) is 4.36. The number of benzene rings is 2. The molecule has 0 spiro atoms. The summed E-state index contributed by atoms with van der Waals surface area (Å²) in [5.41, 5.74) is 3.25. The molecule has 29 heavy (non-hydrogen) atoms. The maximum Gasteiger partial charge on any atom is 0.223 e. The molecule has 2 aromatic carbocycles. The summed E-state index contributed by atoms with van der Waals surface area (Å²) in [6.07, 6.45) is 3.92. The predicted molar refractivity (Wildman–Crippen MR) is 116 cm³/mol. The van der Waals surface area contributed by atoms with Gasteiger partial charge in [0.25, 0.3) is 0 Å². The molecule has 0 unspecified atom stereocenters. The zero-order valence-electron chi connectivity index (χ0n) is 17.0. The number of anilines is 2. The van der Waals surface area contributed by atoms with Crippen molar-refractivity contribution in [1.29, 1.82) is 0 Å². The van der Waals surface area contributed by atoms with Gasteiger partial charge in [0.2, 0.25) is 5.91 Å². The second-order valence-corrected chi connectivity index (χ2v) is 7.91. The van der Waals surface area contributed by atoms with Crippen LogP contribution in [0, 0.1) is 5.92 Å². The molecule has 2 aromatic rings. The molecular formula is C24H29N3O2. The lowest BCUT2D eigenvalue weighted by atomic mass is 9.85. The van der Waals surface area contributed by atoms with Crippen molar-refractivity contribution >= 4 is 17.3 Å². The fourth-order valence-corrected chi connectivity index (χ4v) is 4.44. The average Bonchev–Trinajstić information content (AvgIpc) is 3.12. The maximum absolute atomic E-state index is 13.0. The van der Waals surface area contributed by atoms with E-state index in [1.807, 2.05) is 48.5 Å². The molecule has 1 amide bonds. The third-order valence-electron chi connectivity index (χ3n) is 5.99. The predicted octanol–water partition coefficient (Wildman–Crippen LogP) is 4.53. The second-order valence-electron chi connectivity index (χ2n) is 7.91. The lowest BCUT2D eigenvalue weighted by molar-refractivity contribution is -0.139. The Morgan fingerprint density at radius 1 is 1.21 bits per heavy atom. The van der Waals surface area contributed by atoms with Gasteiger partial charge in [-0.15, -0.1) is 6.58 Å². The van der Waals surface area contributed by atoms with Gasteiger partial charge in [-0.1, -0.05) is 36.4 Å². The van der Waals surface area contributed by atoms with E-state index in [0.717, 1.165) is 29.9 Å². The number of hydrogen-bond acceptors (Lipinski definition) is 4. The molecule has 1 N–H and O–H groups in total. The van der Waals surface area contributed by atoms with E-state index in [2.05, 4.69) is 41.1 Å². The van der Waals surface area contributed by atoms with Crippen molar-refractivity contribution in [3.63, 3.8) is 0 Å². The number of rotatable bonds is 6. The van der Waals surface area contributed by atoms with Crippen LogP contribution in [0.4, 0.5) is 11.4 Å². The quantitative estimate of drug-likeness (QED) is 0.735. The van der Waals surface area contributed by atoms with Crippen LogP contribution < -0.4 is 5.32 Å². The largest absolute Gasteiger partial charge is 0.356 e. The number of nitrogens with zero attached hydrogens (tertiary/aromatic N) is 2. The van der Waals surface area contributed by atoms with Gasteiger partial charge in [-0.3, -0.25) is 9.63 Å². The lowest BCUT2D eigenvalue weighted by Gasteiger charge is -2.42. The minimum atomic E-state index is 0.0511. The van der Waals surface area contributed by atoms with Crippen molar-refractivity contribution in [2.75, 3.05) is 25.5 Å². The lowest BCUT2D eigenvalue weighted by Crippen LogP contribution is -2.49. The van der Waals surface area contributed by atoms with Crippen molar-refractivity contribution < 1.29 is 9.63 Å². The number of fused-ring (bicyclic) bond motifs is 1. The summed E-state index contributed by atoms with van der Waals surface area (Å²) >= 11 is 0. The monoisotopic (exact) mass is 391 g/mol. The number of hydroxylamine groups is 2. The average molecular weight is 392 g/mol. The number of likely N-dealkylation sites (tertiary alicyclic amines) is 1. The first-order chi connectivity index (χ1) is 14.2. The number of hydrogen-bond donors (Lipinski definition) is 1. The van der Waals surface area contributed by atoms with Gasteiger partial charge in [0.1, 0.15) is 0 Å². The van der Waals surface area contributed by atoms with E-state index in [1.54, 1.807) is 0 Å². The van der Waals surface area contributed by atoms with Crippen LogP contribution in [0.25, 0.3) is 0 Å². The van der Waals surface area contributed by atoms with Gasteiger partial charge in [-0.05, 0) is 42.7 Å². The van der Waals surface area contributed by atoms with Crippen molar-refractivity contribution in [3.05, 3.63) is 72.8 Å². The van der Waals surface area contributed by atoms with Crippen molar-refractivity contribution in [3.8, 4) is 0 Å². The van der Waals surface area contributed by atoms with Crippen LogP contribution in [0.5, 0.6) is 0 Å². The number of nitrogens with one attached hydrogen (secondary N) is 1. The molecule has 2 aliphatic rings. The Bertz CT molecular complexity index is 854. The number of allylic oxidation sites excluding steroid dienone is 1. The van der Waals surface area contributed by atoms with Crippen LogP contribution in [0.15, 0.2) is 67.3 Å². The minimum Gasteiger partial charge on any atom is -0.356 e. The molecule has 152 valence electrons. The Morgan fingerprint density at radius 3 is 2.79 bits per heavy atom. The zero-order chi connectivity index (χ0) is 20.2. The highest BCUT2D eigenvalue weighted by molar-refractivity contribution is 5.77. The molecular weight excluding hydrogens is 362 g/mol. The Kier molecular flexibility index (Phi) is 5.97. The Morgan fingerprint density at radius 2 is 2.00 bits per heavy atom. The summed E-state index contributed by atoms with van der Waals surface area (Å²) in [7, 11) is 2.00. The maximum atomic E-state index is 13.0. The molecule has 2 aliphatic heterocycles. The smallest absolute Gasteiger partial charge is 0.223 e. The standard InChI is InChI=1S/C24H29N3O2/c1-3-4-13-24(28)27-16-19-17-29-26(2)22(19)15-23(27)18-9-8-12-21(14-18)25-20-10-6-5-7-11-20/h3,5-12,14,19,22-23,25H,1,4,13,15-17H2,2H3/t19-,22-,23-/m0/s1. The normalized spacial score (nSPS) is 24.2. The minimum absolute atomic E-state index is 0.0511. The summed E-state index contributed by atoms with van der Waals surface area (Å²) in [5.74, 6) is 0.568. The summed E-state index contributed by atoms with van der Waals surface area (Å²) in [6.45, 7) is 5.20. The second kappa shape index (κ2) is 8.80. The fraction of sp³-hybridized carbons (Fsp3) is 0.375. The number of amides is 1. The van der Waals surface area contributed by atoms with Crippen molar-refractivity contribution in [1.82, 2.24) is 9.96 Å². The molecule has 2 saturated heterocycles. The molecule has 0 aromatic heterocycles. The number of para-hydroxylation sites is 1. The Labute approximate surface area is 172 Å². The summed E-state index contributed by atoms with van der Waals surface area (Å²) in [6, 6.07) is 19.0. The van der Waals surface area contributed by atoms with Gasteiger partial charge in [-0.2, -0.15) is 5.06 Å². The van der Waals surface area contributed by atoms with Crippen molar-refractivity contribution in [2.24, 2.45) is 5.92 Å². The van der Waals surface area contributed by atoms with Crippen molar-refractivity contribution in [2.45, 2.75) is 31.3 Å². The Balaban J connectivity index is 1.59. The Hall–Kier alpha value is -2.63. The van der Waals surface area contributed by atoms with Gasteiger partial charge >= 0.3 is 0 Å². The van der Waals surface area contributed by atoms with Crippen LogP contribution in [0.3, 0.4) is 0 Å². The molecule has 0 bridgehead atoms. The first kappa shape index (κ1) is 19.7. The van der Waals surface area contributed by atoms with Crippen LogP contribution in [-0.2, 0) is 9.63 Å². The summed E-state index contributed by atoms with van der Waals surface area (Å²) in [5, 5.41) is 5.45. The number of carbonyl (C=O) groups excluding carboxylic acids is 1. The highest BCUT2D eigenvalue weighted by Gasteiger charge is 2.43. The van der Waals surface area contributed by atoms with E-state index in [1.165, 1.54) is 0 Å². The molecule has 2 heterocycles. The van der Waals surface area contributed by atoms with Gasteiger partial charge < -0.3 is 10.2 Å².